The van der Waals surface area contributed by atoms with Crippen LogP contribution < -0.4 is 5.73 Å². The van der Waals surface area contributed by atoms with E-state index in [4.69, 9.17) is 5.73 Å². The summed E-state index contributed by atoms with van der Waals surface area (Å²) in [6.07, 6.45) is 6.42. The Morgan fingerprint density at radius 1 is 1.05 bits per heavy atom. The number of rotatable bonds is 11. The zero-order valence-electron chi connectivity index (χ0n) is 14.3. The summed E-state index contributed by atoms with van der Waals surface area (Å²) in [6.45, 7) is 17.1. The molecule has 0 spiro atoms. The maximum absolute atomic E-state index is 5.80. The Morgan fingerprint density at radius 3 is 2.05 bits per heavy atom. The fraction of sp³-hybridized carbons (Fsp3) is 1.00. The third kappa shape index (κ3) is 8.65. The lowest BCUT2D eigenvalue weighted by Gasteiger charge is -2.32. The van der Waals surface area contributed by atoms with Crippen LogP contribution in [0.25, 0.3) is 0 Å². The summed E-state index contributed by atoms with van der Waals surface area (Å²) in [7, 11) is 0. The predicted molar refractivity (Wildman–Crippen MR) is 87.5 cm³/mol. The maximum atomic E-state index is 5.80. The number of hydrogen-bond donors (Lipinski definition) is 1. The van der Waals surface area contributed by atoms with E-state index in [1.807, 2.05) is 0 Å². The van der Waals surface area contributed by atoms with Crippen molar-refractivity contribution in [3.8, 4) is 0 Å². The van der Waals surface area contributed by atoms with Crippen LogP contribution in [0.15, 0.2) is 0 Å². The van der Waals surface area contributed by atoms with Crippen molar-refractivity contribution in [3.05, 3.63) is 0 Å². The van der Waals surface area contributed by atoms with Gasteiger partial charge in [-0.2, -0.15) is 0 Å². The summed E-state index contributed by atoms with van der Waals surface area (Å²) in [4.78, 5) is 2.71. The largest absolute Gasteiger partial charge is 0.330 e. The van der Waals surface area contributed by atoms with E-state index in [0.717, 1.165) is 18.5 Å². The Bertz CT molecular complexity index is 207. The molecule has 2 nitrogen and oxygen atoms in total. The van der Waals surface area contributed by atoms with Crippen LogP contribution >= 0.6 is 0 Å². The smallest absolute Gasteiger partial charge is 0.00901 e. The van der Waals surface area contributed by atoms with Gasteiger partial charge in [0.25, 0.3) is 0 Å². The highest BCUT2D eigenvalue weighted by Crippen LogP contribution is 2.22. The molecular formula is C17H38N2. The number of nitrogens with zero attached hydrogens (tertiary/aromatic N) is 1. The quantitative estimate of drug-likeness (QED) is 0.568. The first-order valence-electron chi connectivity index (χ1n) is 8.30. The van der Waals surface area contributed by atoms with Crippen molar-refractivity contribution in [2.75, 3.05) is 19.6 Å². The molecule has 0 unspecified atom stereocenters. The van der Waals surface area contributed by atoms with Crippen molar-refractivity contribution < 1.29 is 0 Å². The van der Waals surface area contributed by atoms with Gasteiger partial charge < -0.3 is 10.6 Å². The molecule has 0 aromatic heterocycles. The van der Waals surface area contributed by atoms with E-state index in [1.54, 1.807) is 0 Å². The highest BCUT2D eigenvalue weighted by Gasteiger charge is 2.17. The highest BCUT2D eigenvalue weighted by atomic mass is 15.1. The van der Waals surface area contributed by atoms with Crippen LogP contribution in [0, 0.1) is 11.3 Å². The Kier molecular flexibility index (Phi) is 9.72. The Balaban J connectivity index is 4.12. The molecule has 0 aromatic rings. The molecule has 0 heterocycles. The second kappa shape index (κ2) is 9.77. The van der Waals surface area contributed by atoms with Gasteiger partial charge in [-0.25, -0.2) is 0 Å². The number of unbranched alkanes of at least 4 members (excludes halogenated alkanes) is 1. The van der Waals surface area contributed by atoms with Crippen LogP contribution in [0.5, 0.6) is 0 Å². The van der Waals surface area contributed by atoms with E-state index >= 15 is 0 Å². The summed E-state index contributed by atoms with van der Waals surface area (Å²) in [6, 6.07) is 0.768. The highest BCUT2D eigenvalue weighted by molar-refractivity contribution is 4.73. The van der Waals surface area contributed by atoms with Crippen LogP contribution in [0.1, 0.15) is 73.6 Å². The fourth-order valence-electron chi connectivity index (χ4n) is 2.72. The minimum atomic E-state index is 0.317. The molecular weight excluding hydrogens is 232 g/mol. The molecule has 0 rings (SSSR count). The van der Waals surface area contributed by atoms with E-state index in [9.17, 15) is 0 Å². The summed E-state index contributed by atoms with van der Waals surface area (Å²) in [5, 5.41) is 0. The summed E-state index contributed by atoms with van der Waals surface area (Å²) in [5.74, 6) is 0.765. The van der Waals surface area contributed by atoms with E-state index in [0.29, 0.717) is 5.41 Å². The molecule has 0 amide bonds. The van der Waals surface area contributed by atoms with Crippen molar-refractivity contribution >= 4 is 0 Å². The first-order chi connectivity index (χ1) is 8.86. The van der Waals surface area contributed by atoms with Crippen molar-refractivity contribution in [2.45, 2.75) is 79.7 Å². The molecule has 0 bridgehead atoms. The van der Waals surface area contributed by atoms with Crippen molar-refractivity contribution in [1.29, 1.82) is 0 Å². The molecule has 2 N–H and O–H groups in total. The average molecular weight is 271 g/mol. The molecule has 0 saturated heterocycles. The standard InChI is InChI=1S/C17H38N2/c1-7-16(8-2)19(13-15(3)4)12-10-9-11-17(5,6)14-18/h15-16H,7-14,18H2,1-6H3. The van der Waals surface area contributed by atoms with Gasteiger partial charge in [0, 0.05) is 12.6 Å². The molecule has 0 aliphatic heterocycles. The number of nitrogens with two attached hydrogens (primary N) is 1. The van der Waals surface area contributed by atoms with Gasteiger partial charge in [0.1, 0.15) is 0 Å². The van der Waals surface area contributed by atoms with Gasteiger partial charge in [-0.3, -0.25) is 0 Å². The van der Waals surface area contributed by atoms with Gasteiger partial charge >= 0.3 is 0 Å². The monoisotopic (exact) mass is 270 g/mol. The van der Waals surface area contributed by atoms with E-state index in [-0.39, 0.29) is 0 Å². The molecule has 19 heavy (non-hydrogen) atoms. The van der Waals surface area contributed by atoms with E-state index in [2.05, 4.69) is 46.4 Å². The van der Waals surface area contributed by atoms with E-state index < -0.39 is 0 Å². The first-order valence-corrected chi connectivity index (χ1v) is 8.30. The molecule has 0 fully saturated rings. The zero-order chi connectivity index (χ0) is 14.9. The van der Waals surface area contributed by atoms with Crippen LogP contribution in [0.3, 0.4) is 0 Å². The molecule has 0 atom stereocenters. The topological polar surface area (TPSA) is 29.3 Å². The van der Waals surface area contributed by atoms with Gasteiger partial charge in [0.05, 0.1) is 0 Å². The molecule has 0 aliphatic carbocycles. The van der Waals surface area contributed by atoms with Crippen LogP contribution in [0.2, 0.25) is 0 Å². The third-order valence-electron chi connectivity index (χ3n) is 4.16. The predicted octanol–water partition coefficient (Wildman–Crippen LogP) is 4.29. The van der Waals surface area contributed by atoms with Crippen molar-refractivity contribution in [1.82, 2.24) is 4.90 Å². The Hall–Kier alpha value is -0.0800. The van der Waals surface area contributed by atoms with E-state index in [1.165, 1.54) is 45.2 Å². The van der Waals surface area contributed by atoms with Gasteiger partial charge in [-0.1, -0.05) is 48.0 Å². The molecule has 0 aromatic carbocycles. The van der Waals surface area contributed by atoms with Crippen molar-refractivity contribution in [3.63, 3.8) is 0 Å². The second-order valence-electron chi connectivity index (χ2n) is 7.18. The second-order valence-corrected chi connectivity index (χ2v) is 7.18. The van der Waals surface area contributed by atoms with Crippen LogP contribution in [-0.2, 0) is 0 Å². The first kappa shape index (κ1) is 18.9. The van der Waals surface area contributed by atoms with Gasteiger partial charge in [-0.05, 0) is 50.1 Å². The SMILES string of the molecule is CCC(CC)N(CCCCC(C)(C)CN)CC(C)C. The summed E-state index contributed by atoms with van der Waals surface area (Å²) >= 11 is 0. The fourth-order valence-corrected chi connectivity index (χ4v) is 2.72. The zero-order valence-corrected chi connectivity index (χ0v) is 14.3. The van der Waals surface area contributed by atoms with Crippen LogP contribution in [-0.4, -0.2) is 30.6 Å². The average Bonchev–Trinajstić information content (AvgIpc) is 2.35. The molecule has 116 valence electrons. The van der Waals surface area contributed by atoms with Gasteiger partial charge in [0.2, 0.25) is 0 Å². The van der Waals surface area contributed by atoms with Crippen molar-refractivity contribution in [2.24, 2.45) is 17.1 Å². The Labute approximate surface area is 122 Å². The number of hydrogen-bond acceptors (Lipinski definition) is 2. The molecule has 0 radical (unpaired) electrons. The summed E-state index contributed by atoms with van der Waals surface area (Å²) < 4.78 is 0. The minimum absolute atomic E-state index is 0.317. The minimum Gasteiger partial charge on any atom is -0.330 e. The maximum Gasteiger partial charge on any atom is 0.00901 e. The van der Waals surface area contributed by atoms with Gasteiger partial charge in [-0.15, -0.1) is 0 Å². The summed E-state index contributed by atoms with van der Waals surface area (Å²) in [5.41, 5.74) is 6.11. The van der Waals surface area contributed by atoms with Gasteiger partial charge in [0.15, 0.2) is 0 Å². The Morgan fingerprint density at radius 2 is 1.63 bits per heavy atom. The lowest BCUT2D eigenvalue weighted by molar-refractivity contribution is 0.160. The van der Waals surface area contributed by atoms with Crippen LogP contribution in [0.4, 0.5) is 0 Å². The molecule has 0 saturated carbocycles. The molecule has 0 aliphatic rings. The lowest BCUT2D eigenvalue weighted by atomic mass is 9.87. The third-order valence-corrected chi connectivity index (χ3v) is 4.16. The molecule has 2 heteroatoms. The normalized spacial score (nSPS) is 12.9. The lowest BCUT2D eigenvalue weighted by Crippen LogP contribution is -2.38.